The number of halogens is 2. The average Bonchev–Trinajstić information content (AvgIpc) is 2.29. The third-order valence-electron chi connectivity index (χ3n) is 3.40. The summed E-state index contributed by atoms with van der Waals surface area (Å²) in [7, 11) is -3.81. The summed E-state index contributed by atoms with van der Waals surface area (Å²) >= 11 is 5.78. The summed E-state index contributed by atoms with van der Waals surface area (Å²) < 4.78 is 40.0. The summed E-state index contributed by atoms with van der Waals surface area (Å²) in [6.45, 7) is 8.28. The molecule has 0 saturated carbocycles. The standard InChI is InChI=1S/C13H20ClFN2O2S/c1-8(13(2,3)4)7-17-20(18,19)12-6-11(16)10(15)5-9(12)14/h5-6,8,17H,7,16H2,1-4H3. The van der Waals surface area contributed by atoms with Crippen LogP contribution >= 0.6 is 11.6 Å². The summed E-state index contributed by atoms with van der Waals surface area (Å²) in [5, 5.41) is -0.187. The van der Waals surface area contributed by atoms with Gasteiger partial charge in [0.05, 0.1) is 10.7 Å². The van der Waals surface area contributed by atoms with Gasteiger partial charge in [-0.05, 0) is 23.5 Å². The number of rotatable bonds is 4. The Morgan fingerprint density at radius 3 is 2.45 bits per heavy atom. The van der Waals surface area contributed by atoms with Crippen LogP contribution in [0, 0.1) is 17.2 Å². The number of sulfonamides is 1. The molecule has 1 aromatic rings. The zero-order valence-electron chi connectivity index (χ0n) is 12.0. The normalized spacial score (nSPS) is 14.3. The molecule has 0 aliphatic rings. The minimum absolute atomic E-state index is 0.0336. The lowest BCUT2D eigenvalue weighted by atomic mass is 9.82. The van der Waals surface area contributed by atoms with Crippen molar-refractivity contribution in [1.29, 1.82) is 0 Å². The third-order valence-corrected chi connectivity index (χ3v) is 5.29. The molecule has 0 aliphatic heterocycles. The Morgan fingerprint density at radius 2 is 1.95 bits per heavy atom. The van der Waals surface area contributed by atoms with Gasteiger partial charge in [-0.25, -0.2) is 17.5 Å². The van der Waals surface area contributed by atoms with Crippen molar-refractivity contribution in [1.82, 2.24) is 4.72 Å². The molecule has 4 nitrogen and oxygen atoms in total. The van der Waals surface area contributed by atoms with Crippen LogP contribution < -0.4 is 10.5 Å². The highest BCUT2D eigenvalue weighted by Gasteiger charge is 2.24. The summed E-state index contributed by atoms with van der Waals surface area (Å²) in [6, 6.07) is 1.93. The van der Waals surface area contributed by atoms with E-state index >= 15 is 0 Å². The quantitative estimate of drug-likeness (QED) is 0.837. The molecule has 0 bridgehead atoms. The minimum atomic E-state index is -3.81. The molecule has 0 fully saturated rings. The van der Waals surface area contributed by atoms with Crippen molar-refractivity contribution in [2.24, 2.45) is 11.3 Å². The Morgan fingerprint density at radius 1 is 1.40 bits per heavy atom. The lowest BCUT2D eigenvalue weighted by Gasteiger charge is -2.27. The van der Waals surface area contributed by atoms with Gasteiger partial charge in [0.2, 0.25) is 10.0 Å². The molecule has 0 aliphatic carbocycles. The Balaban J connectivity index is 2.98. The van der Waals surface area contributed by atoms with Gasteiger partial charge in [0, 0.05) is 6.54 Å². The zero-order chi connectivity index (χ0) is 15.7. The van der Waals surface area contributed by atoms with Gasteiger partial charge in [0.25, 0.3) is 0 Å². The molecule has 1 aromatic carbocycles. The summed E-state index contributed by atoms with van der Waals surface area (Å²) in [6.07, 6.45) is 0. The molecule has 0 spiro atoms. The number of nitrogens with two attached hydrogens (primary N) is 1. The first-order chi connectivity index (χ1) is 8.95. The number of nitrogen functional groups attached to an aromatic ring is 1. The van der Waals surface area contributed by atoms with Crippen molar-refractivity contribution in [3.8, 4) is 0 Å². The van der Waals surface area contributed by atoms with E-state index in [1.807, 2.05) is 27.7 Å². The van der Waals surface area contributed by atoms with E-state index < -0.39 is 15.8 Å². The summed E-state index contributed by atoms with van der Waals surface area (Å²) in [4.78, 5) is -0.209. The van der Waals surface area contributed by atoms with Crippen LogP contribution in [-0.2, 0) is 10.0 Å². The molecule has 20 heavy (non-hydrogen) atoms. The molecule has 3 N–H and O–H groups in total. The maximum Gasteiger partial charge on any atom is 0.242 e. The van der Waals surface area contributed by atoms with Gasteiger partial charge in [-0.1, -0.05) is 39.3 Å². The fourth-order valence-corrected chi connectivity index (χ4v) is 3.05. The maximum absolute atomic E-state index is 13.2. The molecule has 0 radical (unpaired) electrons. The molecular formula is C13H20ClFN2O2S. The molecule has 0 aromatic heterocycles. The second-order valence-electron chi connectivity index (χ2n) is 5.92. The molecule has 1 rings (SSSR count). The molecule has 0 amide bonds. The molecular weight excluding hydrogens is 303 g/mol. The van der Waals surface area contributed by atoms with Crippen LogP contribution in [0.4, 0.5) is 10.1 Å². The molecule has 0 saturated heterocycles. The van der Waals surface area contributed by atoms with Gasteiger partial charge in [-0.2, -0.15) is 0 Å². The molecule has 1 atom stereocenters. The molecule has 1 unspecified atom stereocenters. The van der Waals surface area contributed by atoms with Gasteiger partial charge in [-0.15, -0.1) is 0 Å². The number of nitrogens with one attached hydrogen (secondary N) is 1. The lowest BCUT2D eigenvalue weighted by Crippen LogP contribution is -2.33. The first kappa shape index (κ1) is 17.2. The smallest absolute Gasteiger partial charge is 0.242 e. The number of hydrogen-bond donors (Lipinski definition) is 2. The Hall–Kier alpha value is -0.850. The van der Waals surface area contributed by atoms with E-state index in [0.29, 0.717) is 0 Å². The number of anilines is 1. The molecule has 0 heterocycles. The van der Waals surface area contributed by atoms with Crippen LogP contribution in [0.15, 0.2) is 17.0 Å². The maximum atomic E-state index is 13.2. The van der Waals surface area contributed by atoms with Gasteiger partial charge in [0.15, 0.2) is 0 Å². The molecule has 114 valence electrons. The SMILES string of the molecule is CC(CNS(=O)(=O)c1cc(N)c(F)cc1Cl)C(C)(C)C. The van der Waals surface area contributed by atoms with E-state index in [9.17, 15) is 12.8 Å². The summed E-state index contributed by atoms with van der Waals surface area (Å²) in [5.41, 5.74) is 5.10. The van der Waals surface area contributed by atoms with Crippen molar-refractivity contribution >= 4 is 27.3 Å². The third kappa shape index (κ3) is 4.07. The van der Waals surface area contributed by atoms with Crippen LogP contribution in [-0.4, -0.2) is 15.0 Å². The van der Waals surface area contributed by atoms with Crippen LogP contribution in [0.25, 0.3) is 0 Å². The van der Waals surface area contributed by atoms with Crippen molar-refractivity contribution in [2.75, 3.05) is 12.3 Å². The van der Waals surface area contributed by atoms with E-state index in [1.165, 1.54) is 0 Å². The average molecular weight is 323 g/mol. The van der Waals surface area contributed by atoms with Crippen molar-refractivity contribution in [3.63, 3.8) is 0 Å². The number of hydrogen-bond acceptors (Lipinski definition) is 3. The fraction of sp³-hybridized carbons (Fsp3) is 0.538. The first-order valence-corrected chi connectivity index (χ1v) is 8.05. The van der Waals surface area contributed by atoms with Crippen molar-refractivity contribution < 1.29 is 12.8 Å². The largest absolute Gasteiger partial charge is 0.396 e. The van der Waals surface area contributed by atoms with E-state index in [4.69, 9.17) is 17.3 Å². The van der Waals surface area contributed by atoms with E-state index in [0.717, 1.165) is 12.1 Å². The topological polar surface area (TPSA) is 72.2 Å². The second-order valence-corrected chi connectivity index (χ2v) is 8.07. The second kappa shape index (κ2) is 5.87. The number of benzene rings is 1. The Bertz CT molecular complexity index is 597. The van der Waals surface area contributed by atoms with Crippen LogP contribution in [0.5, 0.6) is 0 Å². The minimum Gasteiger partial charge on any atom is -0.396 e. The van der Waals surface area contributed by atoms with E-state index in [-0.39, 0.29) is 33.5 Å². The van der Waals surface area contributed by atoms with Crippen LogP contribution in [0.3, 0.4) is 0 Å². The zero-order valence-corrected chi connectivity index (χ0v) is 13.6. The Labute approximate surface area is 124 Å². The van der Waals surface area contributed by atoms with Gasteiger partial charge in [-0.3, -0.25) is 0 Å². The fourth-order valence-electron chi connectivity index (χ4n) is 1.37. The predicted molar refractivity (Wildman–Crippen MR) is 79.6 cm³/mol. The first-order valence-electron chi connectivity index (χ1n) is 6.19. The monoisotopic (exact) mass is 322 g/mol. The van der Waals surface area contributed by atoms with Crippen molar-refractivity contribution in [3.05, 3.63) is 23.0 Å². The highest BCUT2D eigenvalue weighted by molar-refractivity contribution is 7.89. The highest BCUT2D eigenvalue weighted by Crippen LogP contribution is 2.28. The molecule has 7 heteroatoms. The van der Waals surface area contributed by atoms with Crippen LogP contribution in [0.2, 0.25) is 5.02 Å². The summed E-state index contributed by atoms with van der Waals surface area (Å²) in [5.74, 6) is -0.620. The van der Waals surface area contributed by atoms with Crippen LogP contribution in [0.1, 0.15) is 27.7 Å². The van der Waals surface area contributed by atoms with Gasteiger partial charge in [0.1, 0.15) is 10.7 Å². The van der Waals surface area contributed by atoms with Crippen molar-refractivity contribution in [2.45, 2.75) is 32.6 Å². The predicted octanol–water partition coefficient (Wildman–Crippen LogP) is 3.02. The highest BCUT2D eigenvalue weighted by atomic mass is 35.5. The van der Waals surface area contributed by atoms with Gasteiger partial charge >= 0.3 is 0 Å². The van der Waals surface area contributed by atoms with Gasteiger partial charge < -0.3 is 5.73 Å². The van der Waals surface area contributed by atoms with E-state index in [1.54, 1.807) is 0 Å². The Kier molecular flexibility index (Phi) is 5.05. The lowest BCUT2D eigenvalue weighted by molar-refractivity contribution is 0.263. The van der Waals surface area contributed by atoms with E-state index in [2.05, 4.69) is 4.72 Å².